The number of rotatable bonds is 8. The minimum Gasteiger partial charge on any atom is -0.496 e. The Morgan fingerprint density at radius 3 is 2.27 bits per heavy atom. The fourth-order valence-corrected chi connectivity index (χ4v) is 4.24. The average Bonchev–Trinajstić information content (AvgIpc) is 2.79. The van der Waals surface area contributed by atoms with E-state index in [1.165, 1.54) is 0 Å². The quantitative estimate of drug-likeness (QED) is 0.706. The summed E-state index contributed by atoms with van der Waals surface area (Å²) in [7, 11) is 6.38. The number of likely N-dealkylation sites (tertiary alicyclic amines) is 1. The van der Waals surface area contributed by atoms with Crippen molar-refractivity contribution in [1.82, 2.24) is 4.90 Å². The lowest BCUT2D eigenvalue weighted by Gasteiger charge is -2.38. The molecule has 0 amide bonds. The van der Waals surface area contributed by atoms with E-state index in [0.29, 0.717) is 30.2 Å². The molecular weight excluding hydrogens is 386 g/mol. The Bertz CT molecular complexity index is 884. The SMILES string of the molecule is COc1ccccc1C(c1ccc(OC)c(OC)c1OC)N1CCCC(C(=O)O)C1. The van der Waals surface area contributed by atoms with Crippen molar-refractivity contribution in [2.24, 2.45) is 5.92 Å². The number of aliphatic carboxylic acids is 1. The molecule has 1 aliphatic rings. The van der Waals surface area contributed by atoms with Gasteiger partial charge < -0.3 is 24.1 Å². The minimum atomic E-state index is -0.766. The van der Waals surface area contributed by atoms with Crippen molar-refractivity contribution in [2.45, 2.75) is 18.9 Å². The van der Waals surface area contributed by atoms with Gasteiger partial charge in [-0.15, -0.1) is 0 Å². The van der Waals surface area contributed by atoms with Crippen molar-refractivity contribution in [3.63, 3.8) is 0 Å². The zero-order valence-corrected chi connectivity index (χ0v) is 17.9. The summed E-state index contributed by atoms with van der Waals surface area (Å²) in [4.78, 5) is 13.9. The van der Waals surface area contributed by atoms with Crippen LogP contribution in [0.25, 0.3) is 0 Å². The minimum absolute atomic E-state index is 0.266. The Kier molecular flexibility index (Phi) is 7.05. The van der Waals surface area contributed by atoms with Gasteiger partial charge in [0.2, 0.25) is 5.75 Å². The molecule has 30 heavy (non-hydrogen) atoms. The summed E-state index contributed by atoms with van der Waals surface area (Å²) in [6.07, 6.45) is 1.48. The molecule has 3 rings (SSSR count). The molecule has 0 aromatic heterocycles. The van der Waals surface area contributed by atoms with Gasteiger partial charge in [-0.3, -0.25) is 9.69 Å². The number of para-hydroxylation sites is 1. The van der Waals surface area contributed by atoms with Gasteiger partial charge in [0.1, 0.15) is 5.75 Å². The van der Waals surface area contributed by atoms with E-state index in [9.17, 15) is 9.90 Å². The van der Waals surface area contributed by atoms with Gasteiger partial charge in [-0.1, -0.05) is 18.2 Å². The molecule has 1 saturated heterocycles. The first kappa shape index (κ1) is 21.8. The topological polar surface area (TPSA) is 77.5 Å². The Labute approximate surface area is 177 Å². The zero-order valence-electron chi connectivity index (χ0n) is 17.9. The first-order valence-electron chi connectivity index (χ1n) is 9.94. The maximum Gasteiger partial charge on any atom is 0.307 e. The molecule has 1 heterocycles. The van der Waals surface area contributed by atoms with E-state index in [1.54, 1.807) is 28.4 Å². The number of piperidine rings is 1. The van der Waals surface area contributed by atoms with Crippen LogP contribution in [0.15, 0.2) is 36.4 Å². The molecule has 0 aliphatic carbocycles. The van der Waals surface area contributed by atoms with E-state index in [2.05, 4.69) is 4.90 Å². The molecule has 2 aromatic carbocycles. The second kappa shape index (κ2) is 9.71. The monoisotopic (exact) mass is 415 g/mol. The van der Waals surface area contributed by atoms with Crippen molar-refractivity contribution >= 4 is 5.97 Å². The van der Waals surface area contributed by atoms with Gasteiger partial charge in [-0.25, -0.2) is 0 Å². The molecule has 2 unspecified atom stereocenters. The third kappa shape index (κ3) is 4.16. The maximum absolute atomic E-state index is 11.7. The molecule has 7 nitrogen and oxygen atoms in total. The highest BCUT2D eigenvalue weighted by Gasteiger charge is 2.35. The molecule has 0 radical (unpaired) electrons. The summed E-state index contributed by atoms with van der Waals surface area (Å²) >= 11 is 0. The fourth-order valence-electron chi connectivity index (χ4n) is 4.24. The largest absolute Gasteiger partial charge is 0.496 e. The Morgan fingerprint density at radius 2 is 1.63 bits per heavy atom. The molecule has 2 aromatic rings. The van der Waals surface area contributed by atoms with Crippen LogP contribution in [0.4, 0.5) is 0 Å². The van der Waals surface area contributed by atoms with Crippen molar-refractivity contribution in [2.75, 3.05) is 41.5 Å². The van der Waals surface area contributed by atoms with Gasteiger partial charge in [-0.2, -0.15) is 0 Å². The molecule has 2 atom stereocenters. The molecule has 1 N–H and O–H groups in total. The summed E-state index contributed by atoms with van der Waals surface area (Å²) in [5.41, 5.74) is 1.81. The van der Waals surface area contributed by atoms with Gasteiger partial charge in [0.05, 0.1) is 40.4 Å². The molecule has 0 bridgehead atoms. The van der Waals surface area contributed by atoms with E-state index in [4.69, 9.17) is 18.9 Å². The van der Waals surface area contributed by atoms with Crippen LogP contribution in [0.5, 0.6) is 23.0 Å². The molecule has 162 valence electrons. The lowest BCUT2D eigenvalue weighted by atomic mass is 9.90. The van der Waals surface area contributed by atoms with Crippen LogP contribution in [0.3, 0.4) is 0 Å². The molecule has 1 aliphatic heterocycles. The molecule has 1 fully saturated rings. The smallest absolute Gasteiger partial charge is 0.307 e. The van der Waals surface area contributed by atoms with Crippen LogP contribution in [0.1, 0.15) is 30.0 Å². The van der Waals surface area contributed by atoms with Crippen LogP contribution in [0.2, 0.25) is 0 Å². The summed E-state index contributed by atoms with van der Waals surface area (Å²) in [6.45, 7) is 1.21. The highest BCUT2D eigenvalue weighted by molar-refractivity contribution is 5.70. The number of hydrogen-bond donors (Lipinski definition) is 1. The second-order valence-corrected chi connectivity index (χ2v) is 7.24. The summed E-state index contributed by atoms with van der Waals surface area (Å²) in [5, 5.41) is 9.62. The first-order valence-corrected chi connectivity index (χ1v) is 9.94. The van der Waals surface area contributed by atoms with Crippen LogP contribution >= 0.6 is 0 Å². The van der Waals surface area contributed by atoms with Crippen molar-refractivity contribution < 1.29 is 28.8 Å². The van der Waals surface area contributed by atoms with E-state index in [1.807, 2.05) is 36.4 Å². The van der Waals surface area contributed by atoms with Crippen molar-refractivity contribution in [1.29, 1.82) is 0 Å². The van der Waals surface area contributed by atoms with Gasteiger partial charge in [-0.05, 0) is 37.6 Å². The molecular formula is C23H29NO6. The van der Waals surface area contributed by atoms with Crippen molar-refractivity contribution in [3.8, 4) is 23.0 Å². The standard InChI is InChI=1S/C23H29NO6/c1-27-18-10-6-5-9-16(18)20(24-13-7-8-15(14-24)23(25)26)17-11-12-19(28-2)22(30-4)21(17)29-3/h5-6,9-12,15,20H,7-8,13-14H2,1-4H3,(H,25,26). The Hall–Kier alpha value is -2.93. The molecule has 0 spiro atoms. The number of nitrogens with zero attached hydrogens (tertiary/aromatic N) is 1. The van der Waals surface area contributed by atoms with E-state index in [-0.39, 0.29) is 6.04 Å². The highest BCUT2D eigenvalue weighted by atomic mass is 16.5. The Morgan fingerprint density at radius 1 is 0.933 bits per heavy atom. The van der Waals surface area contributed by atoms with Crippen LogP contribution in [-0.4, -0.2) is 57.5 Å². The number of hydrogen-bond acceptors (Lipinski definition) is 6. The van der Waals surface area contributed by atoms with Crippen LogP contribution < -0.4 is 18.9 Å². The molecule has 7 heteroatoms. The van der Waals surface area contributed by atoms with Gasteiger partial charge in [0, 0.05) is 17.7 Å². The third-order valence-electron chi connectivity index (χ3n) is 5.63. The van der Waals surface area contributed by atoms with E-state index < -0.39 is 11.9 Å². The molecule has 0 saturated carbocycles. The number of methoxy groups -OCH3 is 4. The number of carbonyl (C=O) groups is 1. The lowest BCUT2D eigenvalue weighted by molar-refractivity contribution is -0.143. The predicted octanol–water partition coefficient (Wildman–Crippen LogP) is 3.61. The number of benzene rings is 2. The normalized spacial score (nSPS) is 17.8. The van der Waals surface area contributed by atoms with Crippen LogP contribution in [0, 0.1) is 5.92 Å². The zero-order chi connectivity index (χ0) is 21.7. The van der Waals surface area contributed by atoms with Crippen LogP contribution in [-0.2, 0) is 4.79 Å². The second-order valence-electron chi connectivity index (χ2n) is 7.24. The third-order valence-corrected chi connectivity index (χ3v) is 5.63. The predicted molar refractivity (Wildman–Crippen MR) is 113 cm³/mol. The number of carboxylic acid groups (broad SMARTS) is 1. The lowest BCUT2D eigenvalue weighted by Crippen LogP contribution is -2.41. The van der Waals surface area contributed by atoms with E-state index in [0.717, 1.165) is 29.8 Å². The van der Waals surface area contributed by atoms with Gasteiger partial charge >= 0.3 is 5.97 Å². The summed E-state index contributed by atoms with van der Waals surface area (Å²) in [5.74, 6) is 1.19. The average molecular weight is 415 g/mol. The summed E-state index contributed by atoms with van der Waals surface area (Å²) < 4.78 is 22.4. The summed E-state index contributed by atoms with van der Waals surface area (Å²) in [6, 6.07) is 11.3. The number of ether oxygens (including phenoxy) is 4. The number of carboxylic acids is 1. The van der Waals surface area contributed by atoms with E-state index >= 15 is 0 Å². The fraction of sp³-hybridized carbons (Fsp3) is 0.435. The first-order chi connectivity index (χ1) is 14.5. The van der Waals surface area contributed by atoms with Gasteiger partial charge in [0.25, 0.3) is 0 Å². The maximum atomic E-state index is 11.7. The van der Waals surface area contributed by atoms with Gasteiger partial charge in [0.15, 0.2) is 11.5 Å². The highest BCUT2D eigenvalue weighted by Crippen LogP contribution is 2.47. The Balaban J connectivity index is 2.19. The van der Waals surface area contributed by atoms with Crippen molar-refractivity contribution in [3.05, 3.63) is 47.5 Å².